The van der Waals surface area contributed by atoms with E-state index < -0.39 is 0 Å². The van der Waals surface area contributed by atoms with Gasteiger partial charge in [-0.25, -0.2) is 0 Å². The zero-order chi connectivity index (χ0) is 10.4. The van der Waals surface area contributed by atoms with Crippen LogP contribution in [0.15, 0.2) is 35.9 Å². The Labute approximate surface area is 84.5 Å². The molecule has 0 fully saturated rings. The van der Waals surface area contributed by atoms with Gasteiger partial charge in [-0.3, -0.25) is 4.79 Å². The molecular weight excluding hydrogens is 172 g/mol. The Morgan fingerprint density at radius 3 is 2.50 bits per heavy atom. The molecule has 0 saturated carbocycles. The second kappa shape index (κ2) is 5.04. The van der Waals surface area contributed by atoms with E-state index in [0.29, 0.717) is 5.57 Å². The van der Waals surface area contributed by atoms with Gasteiger partial charge < -0.3 is 0 Å². The average molecular weight is 184 g/mol. The molecule has 1 aromatic carbocycles. The highest BCUT2D eigenvalue weighted by atomic mass is 16.1. The van der Waals surface area contributed by atoms with Gasteiger partial charge in [-0.2, -0.15) is 0 Å². The highest BCUT2D eigenvalue weighted by molar-refractivity contribution is 5.73. The molecule has 0 saturated heterocycles. The third-order valence-corrected chi connectivity index (χ3v) is 1.75. The van der Waals surface area contributed by atoms with Crippen LogP contribution in [0.4, 0.5) is 0 Å². The first-order valence-corrected chi connectivity index (χ1v) is 4.42. The van der Waals surface area contributed by atoms with Gasteiger partial charge in [0.15, 0.2) is 0 Å². The first-order valence-electron chi connectivity index (χ1n) is 4.42. The molecule has 0 spiro atoms. The maximum atomic E-state index is 10.3. The van der Waals surface area contributed by atoms with Crippen LogP contribution in [0, 0.1) is 18.8 Å². The molecule has 1 nitrogen and oxygen atoms in total. The number of rotatable bonds is 1. The topological polar surface area (TPSA) is 17.1 Å². The second-order valence-electron chi connectivity index (χ2n) is 3.14. The summed E-state index contributed by atoms with van der Waals surface area (Å²) in [6.45, 7) is 3.77. The third kappa shape index (κ3) is 3.28. The van der Waals surface area contributed by atoms with Crippen molar-refractivity contribution in [3.63, 3.8) is 0 Å². The van der Waals surface area contributed by atoms with Crippen molar-refractivity contribution in [2.45, 2.75) is 13.8 Å². The fraction of sp³-hybridized carbons (Fsp3) is 0.154. The van der Waals surface area contributed by atoms with E-state index in [-0.39, 0.29) is 0 Å². The first kappa shape index (κ1) is 10.3. The molecule has 14 heavy (non-hydrogen) atoms. The van der Waals surface area contributed by atoms with Gasteiger partial charge in [0, 0.05) is 5.56 Å². The van der Waals surface area contributed by atoms with Gasteiger partial charge in [0.1, 0.15) is 6.29 Å². The lowest BCUT2D eigenvalue weighted by Gasteiger charge is -1.90. The summed E-state index contributed by atoms with van der Waals surface area (Å²) < 4.78 is 0. The largest absolute Gasteiger partial charge is 0.298 e. The molecular formula is C13H12O. The van der Waals surface area contributed by atoms with Crippen molar-refractivity contribution in [3.8, 4) is 11.8 Å². The molecule has 0 heterocycles. The minimum absolute atomic E-state index is 0.643. The number of aryl methyl sites for hydroxylation is 1. The maximum Gasteiger partial charge on any atom is 0.146 e. The molecule has 1 heteroatoms. The third-order valence-electron chi connectivity index (χ3n) is 1.75. The van der Waals surface area contributed by atoms with Crippen molar-refractivity contribution in [2.75, 3.05) is 0 Å². The van der Waals surface area contributed by atoms with Crippen LogP contribution in [0.2, 0.25) is 0 Å². The quantitative estimate of drug-likeness (QED) is 0.372. The van der Waals surface area contributed by atoms with Crippen molar-refractivity contribution < 1.29 is 4.79 Å². The number of benzene rings is 1. The van der Waals surface area contributed by atoms with Crippen molar-refractivity contribution in [1.82, 2.24) is 0 Å². The van der Waals surface area contributed by atoms with Crippen LogP contribution < -0.4 is 0 Å². The Kier molecular flexibility index (Phi) is 3.69. The second-order valence-corrected chi connectivity index (χ2v) is 3.14. The fourth-order valence-corrected chi connectivity index (χ4v) is 0.904. The average Bonchev–Trinajstić information content (AvgIpc) is 2.21. The van der Waals surface area contributed by atoms with Crippen LogP contribution in [0.1, 0.15) is 18.1 Å². The Bertz CT molecular complexity index is 399. The monoisotopic (exact) mass is 184 g/mol. The molecule has 0 aliphatic carbocycles. The lowest BCUT2D eigenvalue weighted by Crippen LogP contribution is -1.75. The lowest BCUT2D eigenvalue weighted by molar-refractivity contribution is -0.104. The molecule has 1 rings (SSSR count). The summed E-state index contributed by atoms with van der Waals surface area (Å²) in [6.07, 6.45) is 2.41. The summed E-state index contributed by atoms with van der Waals surface area (Å²) in [5.41, 5.74) is 2.82. The van der Waals surface area contributed by atoms with Gasteiger partial charge in [-0.05, 0) is 37.6 Å². The van der Waals surface area contributed by atoms with Crippen molar-refractivity contribution in [3.05, 3.63) is 47.0 Å². The standard InChI is InChI=1S/C13H12O/c1-11-6-8-13(9-7-11)5-3-4-12(2)10-14/h4,6-10H,1-2H3/b12-4-. The smallest absolute Gasteiger partial charge is 0.146 e. The predicted octanol–water partition coefficient (Wildman–Crippen LogP) is 2.49. The molecule has 70 valence electrons. The summed E-state index contributed by atoms with van der Waals surface area (Å²) in [4.78, 5) is 10.3. The van der Waals surface area contributed by atoms with Crippen LogP contribution in [0.3, 0.4) is 0 Å². The zero-order valence-electron chi connectivity index (χ0n) is 8.37. The van der Waals surface area contributed by atoms with Crippen LogP contribution in [-0.4, -0.2) is 6.29 Å². The van der Waals surface area contributed by atoms with Gasteiger partial charge in [0.05, 0.1) is 0 Å². The summed E-state index contributed by atoms with van der Waals surface area (Å²) in [5.74, 6) is 5.78. The van der Waals surface area contributed by atoms with Crippen LogP contribution in [0.5, 0.6) is 0 Å². The maximum absolute atomic E-state index is 10.3. The molecule has 0 aliphatic rings. The zero-order valence-corrected chi connectivity index (χ0v) is 8.37. The van der Waals surface area contributed by atoms with E-state index in [1.54, 1.807) is 13.0 Å². The molecule has 0 aromatic heterocycles. The number of carbonyl (C=O) groups excluding carboxylic acids is 1. The molecule has 0 radical (unpaired) electrons. The van der Waals surface area contributed by atoms with E-state index in [0.717, 1.165) is 11.8 Å². The van der Waals surface area contributed by atoms with E-state index in [1.807, 2.05) is 31.2 Å². The minimum Gasteiger partial charge on any atom is -0.298 e. The van der Waals surface area contributed by atoms with E-state index >= 15 is 0 Å². The van der Waals surface area contributed by atoms with Gasteiger partial charge in [0.25, 0.3) is 0 Å². The first-order chi connectivity index (χ1) is 6.72. The number of allylic oxidation sites excluding steroid dienone is 2. The van der Waals surface area contributed by atoms with Crippen LogP contribution in [-0.2, 0) is 4.79 Å². The summed E-state index contributed by atoms with van der Waals surface area (Å²) in [7, 11) is 0. The van der Waals surface area contributed by atoms with E-state index in [4.69, 9.17) is 0 Å². The molecule has 0 aliphatic heterocycles. The van der Waals surface area contributed by atoms with E-state index in [9.17, 15) is 4.79 Å². The molecule has 0 unspecified atom stereocenters. The normalized spacial score (nSPS) is 10.3. The molecule has 0 atom stereocenters. The SMILES string of the molecule is C/C(C=O)=C/C#Cc1ccc(C)cc1. The Hall–Kier alpha value is -1.81. The summed E-state index contributed by atoms with van der Waals surface area (Å²) in [5, 5.41) is 0. The number of aldehydes is 1. The highest BCUT2D eigenvalue weighted by Crippen LogP contribution is 2.00. The number of carbonyl (C=O) groups is 1. The lowest BCUT2D eigenvalue weighted by atomic mass is 10.1. The molecule has 1 aromatic rings. The highest BCUT2D eigenvalue weighted by Gasteiger charge is 1.84. The number of hydrogen-bond donors (Lipinski definition) is 0. The Morgan fingerprint density at radius 2 is 1.93 bits per heavy atom. The predicted molar refractivity (Wildman–Crippen MR) is 57.9 cm³/mol. The van der Waals surface area contributed by atoms with Gasteiger partial charge in [-0.15, -0.1) is 0 Å². The van der Waals surface area contributed by atoms with Crippen molar-refractivity contribution in [1.29, 1.82) is 0 Å². The Morgan fingerprint density at radius 1 is 1.29 bits per heavy atom. The van der Waals surface area contributed by atoms with Crippen LogP contribution >= 0.6 is 0 Å². The van der Waals surface area contributed by atoms with E-state index in [2.05, 4.69) is 11.8 Å². The molecule has 0 bridgehead atoms. The van der Waals surface area contributed by atoms with Gasteiger partial charge >= 0.3 is 0 Å². The summed E-state index contributed by atoms with van der Waals surface area (Å²) >= 11 is 0. The van der Waals surface area contributed by atoms with Crippen molar-refractivity contribution in [2.24, 2.45) is 0 Å². The number of hydrogen-bond acceptors (Lipinski definition) is 1. The van der Waals surface area contributed by atoms with Gasteiger partial charge in [0.2, 0.25) is 0 Å². The Balaban J connectivity index is 2.78. The molecule has 0 N–H and O–H groups in total. The van der Waals surface area contributed by atoms with E-state index in [1.165, 1.54) is 5.56 Å². The summed E-state index contributed by atoms with van der Waals surface area (Å²) in [6, 6.07) is 7.96. The van der Waals surface area contributed by atoms with Crippen molar-refractivity contribution >= 4 is 6.29 Å². The fourth-order valence-electron chi connectivity index (χ4n) is 0.904. The minimum atomic E-state index is 0.643. The van der Waals surface area contributed by atoms with Gasteiger partial charge in [-0.1, -0.05) is 29.5 Å². The van der Waals surface area contributed by atoms with Crippen LogP contribution in [0.25, 0.3) is 0 Å². The molecule has 0 amide bonds.